The van der Waals surface area contributed by atoms with Crippen molar-refractivity contribution in [3.05, 3.63) is 34.4 Å². The van der Waals surface area contributed by atoms with Crippen molar-refractivity contribution in [3.63, 3.8) is 0 Å². The molecule has 2 atom stereocenters. The molecule has 1 aromatic carbocycles. The zero-order chi connectivity index (χ0) is 15.2. The van der Waals surface area contributed by atoms with Gasteiger partial charge in [0.1, 0.15) is 0 Å². The third-order valence-corrected chi connectivity index (χ3v) is 3.55. The minimum absolute atomic E-state index is 0.107. The van der Waals surface area contributed by atoms with Gasteiger partial charge in [-0.25, -0.2) is 0 Å². The Hall–Kier alpha value is -2.15. The van der Waals surface area contributed by atoms with Gasteiger partial charge in [0.25, 0.3) is 5.91 Å². The number of nitrogens with zero attached hydrogens (tertiary/aromatic N) is 1. The van der Waals surface area contributed by atoms with Crippen LogP contribution in [0.4, 0.5) is 5.69 Å². The van der Waals surface area contributed by atoms with E-state index >= 15 is 0 Å². The molecule has 1 aromatic rings. The molecule has 1 heterocycles. The molecule has 1 saturated heterocycles. The summed E-state index contributed by atoms with van der Waals surface area (Å²) < 4.78 is 5.27. The zero-order valence-electron chi connectivity index (χ0n) is 11.9. The van der Waals surface area contributed by atoms with E-state index in [2.05, 4.69) is 17.6 Å². The first-order chi connectivity index (χ1) is 10.1. The number of benzene rings is 1. The van der Waals surface area contributed by atoms with E-state index in [0.29, 0.717) is 5.92 Å². The first-order valence-corrected chi connectivity index (χ1v) is 6.94. The summed E-state index contributed by atoms with van der Waals surface area (Å²) in [5, 5.41) is 17.0. The molecule has 0 saturated carbocycles. The van der Waals surface area contributed by atoms with E-state index in [1.165, 1.54) is 12.1 Å². The molecule has 0 radical (unpaired) electrons. The second kappa shape index (κ2) is 7.03. The van der Waals surface area contributed by atoms with Gasteiger partial charge in [0.15, 0.2) is 12.4 Å². The Morgan fingerprint density at radius 3 is 3.00 bits per heavy atom. The normalized spacial score (nSPS) is 21.6. The number of ether oxygens (including phenoxy) is 1. The van der Waals surface area contributed by atoms with Crippen molar-refractivity contribution in [1.82, 2.24) is 10.6 Å². The monoisotopic (exact) mass is 293 g/mol. The molecule has 0 spiro atoms. The van der Waals surface area contributed by atoms with Crippen LogP contribution in [0.1, 0.15) is 13.3 Å². The van der Waals surface area contributed by atoms with Crippen LogP contribution in [0.2, 0.25) is 0 Å². The van der Waals surface area contributed by atoms with Crippen LogP contribution in [-0.4, -0.2) is 36.6 Å². The van der Waals surface area contributed by atoms with Crippen LogP contribution < -0.4 is 15.4 Å². The largest absolute Gasteiger partial charge is 0.477 e. The lowest BCUT2D eigenvalue weighted by Gasteiger charge is -2.30. The molecule has 114 valence electrons. The third kappa shape index (κ3) is 4.16. The van der Waals surface area contributed by atoms with Crippen LogP contribution in [-0.2, 0) is 4.79 Å². The maximum absolute atomic E-state index is 11.9. The molecule has 1 aliphatic heterocycles. The van der Waals surface area contributed by atoms with Gasteiger partial charge in [-0.2, -0.15) is 0 Å². The standard InChI is InChI=1S/C14H19N3O4/c1-10-8-15-7-6-11(10)16-14(18)9-21-13-5-3-2-4-12(13)17(19)20/h2-5,10-11,15H,6-9H2,1H3,(H,16,18). The molecule has 0 aromatic heterocycles. The summed E-state index contributed by atoms with van der Waals surface area (Å²) in [6.07, 6.45) is 0.873. The second-order valence-electron chi connectivity index (χ2n) is 5.16. The number of carbonyl (C=O) groups is 1. The molecule has 7 heteroatoms. The average Bonchev–Trinajstić information content (AvgIpc) is 2.48. The summed E-state index contributed by atoms with van der Waals surface area (Å²) in [7, 11) is 0. The molecular weight excluding hydrogens is 274 g/mol. The molecular formula is C14H19N3O4. The van der Waals surface area contributed by atoms with Crippen LogP contribution in [0.15, 0.2) is 24.3 Å². The van der Waals surface area contributed by atoms with Crippen LogP contribution >= 0.6 is 0 Å². The second-order valence-corrected chi connectivity index (χ2v) is 5.16. The lowest BCUT2D eigenvalue weighted by atomic mass is 9.95. The van der Waals surface area contributed by atoms with Gasteiger partial charge in [-0.05, 0) is 31.5 Å². The van der Waals surface area contributed by atoms with Crippen molar-refractivity contribution < 1.29 is 14.5 Å². The summed E-state index contributed by atoms with van der Waals surface area (Å²) in [6, 6.07) is 6.14. The zero-order valence-corrected chi connectivity index (χ0v) is 11.9. The van der Waals surface area contributed by atoms with E-state index in [0.717, 1.165) is 19.5 Å². The number of rotatable bonds is 5. The highest BCUT2D eigenvalue weighted by atomic mass is 16.6. The minimum atomic E-state index is -0.526. The van der Waals surface area contributed by atoms with Crippen LogP contribution in [0.5, 0.6) is 5.75 Å². The number of nitrogens with one attached hydrogen (secondary N) is 2. The lowest BCUT2D eigenvalue weighted by Crippen LogP contribution is -2.49. The van der Waals surface area contributed by atoms with Gasteiger partial charge >= 0.3 is 5.69 Å². The van der Waals surface area contributed by atoms with Crippen molar-refractivity contribution >= 4 is 11.6 Å². The molecule has 2 N–H and O–H groups in total. The van der Waals surface area contributed by atoms with Gasteiger partial charge < -0.3 is 15.4 Å². The molecule has 0 aliphatic carbocycles. The minimum Gasteiger partial charge on any atom is -0.477 e. The number of nitro benzene ring substituents is 1. The predicted molar refractivity (Wildman–Crippen MR) is 77.2 cm³/mol. The van der Waals surface area contributed by atoms with Gasteiger partial charge in [-0.3, -0.25) is 14.9 Å². The van der Waals surface area contributed by atoms with Crippen LogP contribution in [0.25, 0.3) is 0 Å². The highest BCUT2D eigenvalue weighted by Gasteiger charge is 2.23. The van der Waals surface area contributed by atoms with Gasteiger partial charge in [-0.1, -0.05) is 19.1 Å². The number of amides is 1. The summed E-state index contributed by atoms with van der Waals surface area (Å²) in [6.45, 7) is 3.60. The average molecular weight is 293 g/mol. The molecule has 0 bridgehead atoms. The summed E-state index contributed by atoms with van der Waals surface area (Å²) in [5.41, 5.74) is -0.138. The molecule has 1 aliphatic rings. The molecule has 2 unspecified atom stereocenters. The molecule has 21 heavy (non-hydrogen) atoms. The molecule has 7 nitrogen and oxygen atoms in total. The SMILES string of the molecule is CC1CNCCC1NC(=O)COc1ccccc1[N+](=O)[O-]. The molecule has 2 rings (SSSR count). The molecule has 1 amide bonds. The van der Waals surface area contributed by atoms with Gasteiger partial charge in [0.05, 0.1) is 4.92 Å². The third-order valence-electron chi connectivity index (χ3n) is 3.55. The Kier molecular flexibility index (Phi) is 5.10. The van der Waals surface area contributed by atoms with E-state index in [4.69, 9.17) is 4.74 Å². The number of para-hydroxylation sites is 2. The van der Waals surface area contributed by atoms with Crippen molar-refractivity contribution in [2.45, 2.75) is 19.4 Å². The fourth-order valence-corrected chi connectivity index (χ4v) is 2.35. The molecule has 1 fully saturated rings. The summed E-state index contributed by atoms with van der Waals surface area (Å²) in [4.78, 5) is 22.2. The van der Waals surface area contributed by atoms with Crippen LogP contribution in [0.3, 0.4) is 0 Å². The summed E-state index contributed by atoms with van der Waals surface area (Å²) >= 11 is 0. The number of hydrogen-bond donors (Lipinski definition) is 2. The Morgan fingerprint density at radius 1 is 1.52 bits per heavy atom. The van der Waals surface area contributed by atoms with E-state index in [9.17, 15) is 14.9 Å². The smallest absolute Gasteiger partial charge is 0.310 e. The highest BCUT2D eigenvalue weighted by molar-refractivity contribution is 5.78. The van der Waals surface area contributed by atoms with E-state index in [1.54, 1.807) is 12.1 Å². The maximum atomic E-state index is 11.9. The Morgan fingerprint density at radius 2 is 2.29 bits per heavy atom. The van der Waals surface area contributed by atoms with E-state index < -0.39 is 4.92 Å². The van der Waals surface area contributed by atoms with Crippen molar-refractivity contribution in [2.24, 2.45) is 5.92 Å². The Balaban J connectivity index is 1.88. The fourth-order valence-electron chi connectivity index (χ4n) is 2.35. The van der Waals surface area contributed by atoms with Crippen LogP contribution in [0, 0.1) is 16.0 Å². The number of carbonyl (C=O) groups excluding carboxylic acids is 1. The van der Waals surface area contributed by atoms with Crippen molar-refractivity contribution in [1.29, 1.82) is 0 Å². The quantitative estimate of drug-likeness (QED) is 0.626. The lowest BCUT2D eigenvalue weighted by molar-refractivity contribution is -0.385. The Bertz CT molecular complexity index is 521. The van der Waals surface area contributed by atoms with E-state index in [-0.39, 0.29) is 30.0 Å². The topological polar surface area (TPSA) is 93.5 Å². The van der Waals surface area contributed by atoms with E-state index in [1.807, 2.05) is 0 Å². The van der Waals surface area contributed by atoms with Gasteiger partial charge in [0, 0.05) is 12.1 Å². The number of piperidine rings is 1. The first-order valence-electron chi connectivity index (χ1n) is 6.94. The van der Waals surface area contributed by atoms with Crippen molar-refractivity contribution in [3.8, 4) is 5.75 Å². The maximum Gasteiger partial charge on any atom is 0.310 e. The summed E-state index contributed by atoms with van der Waals surface area (Å²) in [5.74, 6) is 0.205. The van der Waals surface area contributed by atoms with Gasteiger partial charge in [-0.15, -0.1) is 0 Å². The van der Waals surface area contributed by atoms with Crippen molar-refractivity contribution in [2.75, 3.05) is 19.7 Å². The Labute approximate surface area is 122 Å². The highest BCUT2D eigenvalue weighted by Crippen LogP contribution is 2.25. The fraction of sp³-hybridized carbons (Fsp3) is 0.500. The number of nitro groups is 1. The van der Waals surface area contributed by atoms with Gasteiger partial charge in [0.2, 0.25) is 0 Å². The first kappa shape index (κ1) is 15.2. The predicted octanol–water partition coefficient (Wildman–Crippen LogP) is 1.09. The number of hydrogen-bond acceptors (Lipinski definition) is 5.